The summed E-state index contributed by atoms with van der Waals surface area (Å²) in [5.41, 5.74) is 5.47. The Morgan fingerprint density at radius 3 is 2.44 bits per heavy atom. The molecular formula is C12H21N3O2S. The van der Waals surface area contributed by atoms with Gasteiger partial charge in [-0.05, 0) is 25.7 Å². The smallest absolute Gasteiger partial charge is 0.241 e. The molecule has 0 aromatic carbocycles. The summed E-state index contributed by atoms with van der Waals surface area (Å²) in [5, 5.41) is 2.61. The van der Waals surface area contributed by atoms with Crippen LogP contribution in [0.15, 0.2) is 0 Å². The number of piperidine rings is 1. The Morgan fingerprint density at radius 2 is 1.94 bits per heavy atom. The monoisotopic (exact) mass is 271 g/mol. The summed E-state index contributed by atoms with van der Waals surface area (Å²) < 4.78 is 0. The largest absolute Gasteiger partial charge is 0.393 e. The van der Waals surface area contributed by atoms with Crippen molar-refractivity contribution < 1.29 is 9.59 Å². The number of carbonyl (C=O) groups is 2. The van der Waals surface area contributed by atoms with Crippen molar-refractivity contribution in [2.24, 2.45) is 11.7 Å². The fraction of sp³-hybridized carbons (Fsp3) is 0.750. The summed E-state index contributed by atoms with van der Waals surface area (Å²) in [7, 11) is 0. The molecule has 1 unspecified atom stereocenters. The van der Waals surface area contributed by atoms with E-state index in [4.69, 9.17) is 18.0 Å². The Hall–Kier alpha value is -1.17. The zero-order valence-electron chi connectivity index (χ0n) is 10.8. The highest BCUT2D eigenvalue weighted by Gasteiger charge is 2.21. The Balaban J connectivity index is 2.37. The van der Waals surface area contributed by atoms with Crippen LogP contribution in [0.5, 0.6) is 0 Å². The standard InChI is InChI=1S/C12H21N3O2S/c1-2-9(11(13)18)12(17)14-8-10(16)15-6-4-3-5-7-15/h9H,2-8H2,1H3,(H2,13,18)(H,14,17). The molecule has 1 fully saturated rings. The van der Waals surface area contributed by atoms with Gasteiger partial charge in [-0.25, -0.2) is 0 Å². The van der Waals surface area contributed by atoms with Crippen molar-refractivity contribution in [2.75, 3.05) is 19.6 Å². The van der Waals surface area contributed by atoms with Crippen molar-refractivity contribution >= 4 is 29.0 Å². The van der Waals surface area contributed by atoms with Gasteiger partial charge in [0.25, 0.3) is 0 Å². The van der Waals surface area contributed by atoms with E-state index in [0.29, 0.717) is 6.42 Å². The molecule has 0 spiro atoms. The lowest BCUT2D eigenvalue weighted by molar-refractivity contribution is -0.134. The fourth-order valence-electron chi connectivity index (χ4n) is 2.06. The number of likely N-dealkylation sites (tertiary alicyclic amines) is 1. The lowest BCUT2D eigenvalue weighted by atomic mass is 10.1. The van der Waals surface area contributed by atoms with Crippen LogP contribution in [0.3, 0.4) is 0 Å². The molecule has 2 amide bonds. The number of rotatable bonds is 5. The van der Waals surface area contributed by atoms with E-state index in [-0.39, 0.29) is 23.3 Å². The summed E-state index contributed by atoms with van der Waals surface area (Å²) in [6.07, 6.45) is 3.82. The number of carbonyl (C=O) groups excluding carboxylic acids is 2. The van der Waals surface area contributed by atoms with Gasteiger partial charge in [-0.2, -0.15) is 0 Å². The second-order valence-electron chi connectivity index (χ2n) is 4.52. The van der Waals surface area contributed by atoms with Crippen molar-refractivity contribution in [1.82, 2.24) is 10.2 Å². The fourth-order valence-corrected chi connectivity index (χ4v) is 2.33. The van der Waals surface area contributed by atoms with Crippen LogP contribution in [0.2, 0.25) is 0 Å². The molecule has 1 aliphatic heterocycles. The van der Waals surface area contributed by atoms with Crippen molar-refractivity contribution in [3.63, 3.8) is 0 Å². The minimum atomic E-state index is -0.478. The molecule has 3 N–H and O–H groups in total. The van der Waals surface area contributed by atoms with Crippen LogP contribution in [0.25, 0.3) is 0 Å². The van der Waals surface area contributed by atoms with Crippen LogP contribution in [-0.4, -0.2) is 41.3 Å². The average molecular weight is 271 g/mol. The highest BCUT2D eigenvalue weighted by molar-refractivity contribution is 7.80. The highest BCUT2D eigenvalue weighted by atomic mass is 32.1. The Kier molecular flexibility index (Phi) is 6.04. The number of amides is 2. The van der Waals surface area contributed by atoms with Crippen LogP contribution in [0, 0.1) is 5.92 Å². The van der Waals surface area contributed by atoms with Gasteiger partial charge in [-0.1, -0.05) is 19.1 Å². The predicted octanol–water partition coefficient (Wildman–Crippen LogP) is 0.427. The molecule has 0 aromatic heterocycles. The van der Waals surface area contributed by atoms with Gasteiger partial charge in [-0.15, -0.1) is 0 Å². The summed E-state index contributed by atoms with van der Waals surface area (Å²) in [6.45, 7) is 3.47. The summed E-state index contributed by atoms with van der Waals surface area (Å²) in [6, 6.07) is 0. The number of hydrogen-bond acceptors (Lipinski definition) is 3. The molecule has 1 atom stereocenters. The molecule has 0 radical (unpaired) electrons. The topological polar surface area (TPSA) is 75.4 Å². The van der Waals surface area contributed by atoms with Crippen LogP contribution in [-0.2, 0) is 9.59 Å². The van der Waals surface area contributed by atoms with Crippen molar-refractivity contribution in [2.45, 2.75) is 32.6 Å². The Morgan fingerprint density at radius 1 is 1.33 bits per heavy atom. The van der Waals surface area contributed by atoms with Gasteiger partial charge in [0.2, 0.25) is 11.8 Å². The van der Waals surface area contributed by atoms with Crippen LogP contribution in [0.1, 0.15) is 32.6 Å². The molecule has 1 saturated heterocycles. The molecule has 0 bridgehead atoms. The summed E-state index contributed by atoms with van der Waals surface area (Å²) in [4.78, 5) is 25.6. The Labute approximate surface area is 113 Å². The van der Waals surface area contributed by atoms with Gasteiger partial charge in [-0.3, -0.25) is 9.59 Å². The van der Waals surface area contributed by atoms with Gasteiger partial charge in [0.1, 0.15) is 0 Å². The van der Waals surface area contributed by atoms with E-state index >= 15 is 0 Å². The number of nitrogens with zero attached hydrogens (tertiary/aromatic N) is 1. The number of nitrogens with one attached hydrogen (secondary N) is 1. The van der Waals surface area contributed by atoms with Gasteiger partial charge in [0, 0.05) is 13.1 Å². The lowest BCUT2D eigenvalue weighted by Gasteiger charge is -2.27. The predicted molar refractivity (Wildman–Crippen MR) is 74.0 cm³/mol. The molecule has 6 heteroatoms. The first kappa shape index (κ1) is 14.9. The Bertz CT molecular complexity index is 327. The third-order valence-corrected chi connectivity index (χ3v) is 3.48. The third-order valence-electron chi connectivity index (χ3n) is 3.19. The maximum absolute atomic E-state index is 11.8. The second-order valence-corrected chi connectivity index (χ2v) is 4.99. The minimum Gasteiger partial charge on any atom is -0.393 e. The molecule has 1 rings (SSSR count). The van der Waals surface area contributed by atoms with E-state index in [0.717, 1.165) is 25.9 Å². The average Bonchev–Trinajstić information content (AvgIpc) is 2.37. The van der Waals surface area contributed by atoms with Crippen molar-refractivity contribution in [1.29, 1.82) is 0 Å². The number of thiocarbonyl (C=S) groups is 1. The van der Waals surface area contributed by atoms with Gasteiger partial charge in [0.05, 0.1) is 17.5 Å². The van der Waals surface area contributed by atoms with E-state index in [1.165, 1.54) is 6.42 Å². The highest BCUT2D eigenvalue weighted by Crippen LogP contribution is 2.08. The van der Waals surface area contributed by atoms with Crippen molar-refractivity contribution in [3.05, 3.63) is 0 Å². The SMILES string of the molecule is CCC(C(=O)NCC(=O)N1CCCCC1)C(N)=S. The molecule has 0 saturated carbocycles. The van der Waals surface area contributed by atoms with Crippen LogP contribution >= 0.6 is 12.2 Å². The maximum atomic E-state index is 11.8. The molecule has 5 nitrogen and oxygen atoms in total. The molecule has 102 valence electrons. The molecular weight excluding hydrogens is 250 g/mol. The summed E-state index contributed by atoms with van der Waals surface area (Å²) >= 11 is 4.82. The van der Waals surface area contributed by atoms with Gasteiger partial charge >= 0.3 is 0 Å². The van der Waals surface area contributed by atoms with E-state index in [9.17, 15) is 9.59 Å². The number of hydrogen-bond donors (Lipinski definition) is 2. The van der Waals surface area contributed by atoms with Gasteiger partial charge in [0.15, 0.2) is 0 Å². The van der Waals surface area contributed by atoms with Crippen LogP contribution < -0.4 is 11.1 Å². The first-order valence-corrected chi connectivity index (χ1v) is 6.82. The molecule has 1 aliphatic rings. The molecule has 1 heterocycles. The normalized spacial score (nSPS) is 17.1. The van der Waals surface area contributed by atoms with Gasteiger partial charge < -0.3 is 16.0 Å². The third kappa shape index (κ3) is 4.25. The maximum Gasteiger partial charge on any atom is 0.241 e. The second kappa shape index (κ2) is 7.31. The van der Waals surface area contributed by atoms with E-state index in [1.807, 2.05) is 6.92 Å². The summed E-state index contributed by atoms with van der Waals surface area (Å²) in [5.74, 6) is -0.759. The number of nitrogens with two attached hydrogens (primary N) is 1. The van der Waals surface area contributed by atoms with E-state index in [2.05, 4.69) is 5.32 Å². The lowest BCUT2D eigenvalue weighted by Crippen LogP contribution is -2.45. The zero-order chi connectivity index (χ0) is 13.5. The molecule has 0 aromatic rings. The van der Waals surface area contributed by atoms with E-state index < -0.39 is 5.92 Å². The zero-order valence-corrected chi connectivity index (χ0v) is 11.6. The quantitative estimate of drug-likeness (QED) is 0.711. The molecule has 18 heavy (non-hydrogen) atoms. The van der Waals surface area contributed by atoms with Crippen LogP contribution in [0.4, 0.5) is 0 Å². The van der Waals surface area contributed by atoms with E-state index in [1.54, 1.807) is 4.90 Å². The first-order valence-electron chi connectivity index (χ1n) is 6.41. The minimum absolute atomic E-state index is 0.0270. The first-order chi connectivity index (χ1) is 8.56. The molecule has 0 aliphatic carbocycles. The van der Waals surface area contributed by atoms with Crippen molar-refractivity contribution in [3.8, 4) is 0 Å².